The lowest BCUT2D eigenvalue weighted by atomic mass is 10.00. The van der Waals surface area contributed by atoms with Crippen LogP contribution in [0, 0.1) is 5.92 Å². The van der Waals surface area contributed by atoms with Crippen LogP contribution in [0.15, 0.2) is 24.3 Å². The number of nitrogens with one attached hydrogen (secondary N) is 2. The van der Waals surface area contributed by atoms with Gasteiger partial charge in [0.2, 0.25) is 0 Å². The Labute approximate surface area is 145 Å². The molecule has 0 bridgehead atoms. The number of hydrogen-bond donors (Lipinski definition) is 2. The van der Waals surface area contributed by atoms with Crippen molar-refractivity contribution in [2.24, 2.45) is 5.92 Å². The van der Waals surface area contributed by atoms with Crippen LogP contribution in [-0.4, -0.2) is 43.7 Å². The summed E-state index contributed by atoms with van der Waals surface area (Å²) in [5, 5.41) is 5.97. The Kier molecular flexibility index (Phi) is 7.53. The molecule has 1 fully saturated rings. The highest BCUT2D eigenvalue weighted by molar-refractivity contribution is 5.74. The van der Waals surface area contributed by atoms with E-state index in [1.165, 1.54) is 12.8 Å². The number of piperidine rings is 1. The largest absolute Gasteiger partial charge is 0.380 e. The van der Waals surface area contributed by atoms with E-state index in [9.17, 15) is 4.79 Å². The number of carbonyl (C=O) groups excluding carboxylic acids is 1. The summed E-state index contributed by atoms with van der Waals surface area (Å²) in [6.07, 6.45) is 2.58. The second-order valence-electron chi connectivity index (χ2n) is 6.99. The summed E-state index contributed by atoms with van der Waals surface area (Å²) in [5.74, 6) is 0.763. The van der Waals surface area contributed by atoms with Gasteiger partial charge >= 0.3 is 6.03 Å². The van der Waals surface area contributed by atoms with E-state index in [0.29, 0.717) is 13.2 Å². The van der Waals surface area contributed by atoms with Gasteiger partial charge in [0, 0.05) is 32.8 Å². The first-order valence-corrected chi connectivity index (χ1v) is 8.90. The van der Waals surface area contributed by atoms with E-state index in [0.717, 1.165) is 36.7 Å². The lowest BCUT2D eigenvalue weighted by molar-refractivity contribution is 0.169. The number of likely N-dealkylation sites (tertiary alicyclic amines) is 1. The number of methoxy groups -OCH3 is 1. The van der Waals surface area contributed by atoms with E-state index in [4.69, 9.17) is 4.74 Å². The SMILES string of the molecule is COCc1cccc(CNC(=O)N[C@@H](C)CN2CCC[C@@H](C)C2)c1. The first kappa shape index (κ1) is 18.7. The van der Waals surface area contributed by atoms with E-state index in [-0.39, 0.29) is 12.1 Å². The fraction of sp³-hybridized carbons (Fsp3) is 0.632. The fourth-order valence-corrected chi connectivity index (χ4v) is 3.34. The smallest absolute Gasteiger partial charge is 0.315 e. The van der Waals surface area contributed by atoms with Gasteiger partial charge in [0.05, 0.1) is 6.61 Å². The van der Waals surface area contributed by atoms with E-state index in [2.05, 4.69) is 35.4 Å². The molecule has 134 valence electrons. The van der Waals surface area contributed by atoms with Gasteiger partial charge in [-0.25, -0.2) is 4.79 Å². The number of nitrogens with zero attached hydrogens (tertiary/aromatic N) is 1. The summed E-state index contributed by atoms with van der Waals surface area (Å²) in [5.41, 5.74) is 2.20. The molecule has 2 atom stereocenters. The minimum Gasteiger partial charge on any atom is -0.380 e. The second-order valence-corrected chi connectivity index (χ2v) is 6.99. The number of carbonyl (C=O) groups is 1. The van der Waals surface area contributed by atoms with E-state index < -0.39 is 0 Å². The molecule has 24 heavy (non-hydrogen) atoms. The Balaban J connectivity index is 1.71. The molecule has 0 unspecified atom stereocenters. The van der Waals surface area contributed by atoms with Crippen LogP contribution in [0.5, 0.6) is 0 Å². The quantitative estimate of drug-likeness (QED) is 0.807. The summed E-state index contributed by atoms with van der Waals surface area (Å²) in [6.45, 7) is 8.68. The number of benzene rings is 1. The molecule has 5 heteroatoms. The molecular weight excluding hydrogens is 302 g/mol. The molecule has 1 aromatic rings. The summed E-state index contributed by atoms with van der Waals surface area (Å²) in [4.78, 5) is 14.5. The predicted octanol–water partition coefficient (Wildman–Crippen LogP) is 2.75. The fourth-order valence-electron chi connectivity index (χ4n) is 3.34. The topological polar surface area (TPSA) is 53.6 Å². The standard InChI is InChI=1S/C19H31N3O2/c1-15-6-5-9-22(12-15)13-16(2)21-19(23)20-11-17-7-4-8-18(10-17)14-24-3/h4,7-8,10,15-16H,5-6,9,11-14H2,1-3H3,(H2,20,21,23)/t15-,16+/m1/s1. The molecule has 1 heterocycles. The van der Waals surface area contributed by atoms with Crippen molar-refractivity contribution in [3.8, 4) is 0 Å². The van der Waals surface area contributed by atoms with Crippen LogP contribution < -0.4 is 10.6 Å². The number of ether oxygens (including phenoxy) is 1. The van der Waals surface area contributed by atoms with Crippen molar-refractivity contribution in [3.63, 3.8) is 0 Å². The summed E-state index contributed by atoms with van der Waals surface area (Å²) in [7, 11) is 1.68. The number of rotatable bonds is 7. The number of amides is 2. The molecule has 5 nitrogen and oxygen atoms in total. The van der Waals surface area contributed by atoms with Gasteiger partial charge in [0.15, 0.2) is 0 Å². The van der Waals surface area contributed by atoms with Crippen molar-refractivity contribution in [3.05, 3.63) is 35.4 Å². The lowest BCUT2D eigenvalue weighted by Crippen LogP contribution is -2.47. The zero-order chi connectivity index (χ0) is 17.4. The molecule has 1 saturated heterocycles. The van der Waals surface area contributed by atoms with Crippen molar-refractivity contribution >= 4 is 6.03 Å². The van der Waals surface area contributed by atoms with Gasteiger partial charge in [-0.1, -0.05) is 31.2 Å². The third kappa shape index (κ3) is 6.49. The monoisotopic (exact) mass is 333 g/mol. The lowest BCUT2D eigenvalue weighted by Gasteiger charge is -2.32. The van der Waals surface area contributed by atoms with Crippen LogP contribution in [-0.2, 0) is 17.9 Å². The van der Waals surface area contributed by atoms with Gasteiger partial charge in [0.1, 0.15) is 0 Å². The highest BCUT2D eigenvalue weighted by Gasteiger charge is 2.18. The summed E-state index contributed by atoms with van der Waals surface area (Å²) in [6, 6.07) is 8.12. The average molecular weight is 333 g/mol. The molecule has 1 aromatic carbocycles. The van der Waals surface area contributed by atoms with Gasteiger partial charge in [-0.05, 0) is 43.4 Å². The first-order valence-electron chi connectivity index (χ1n) is 8.90. The van der Waals surface area contributed by atoms with Crippen molar-refractivity contribution in [1.82, 2.24) is 15.5 Å². The molecule has 0 aliphatic carbocycles. The third-order valence-electron chi connectivity index (χ3n) is 4.41. The zero-order valence-electron chi connectivity index (χ0n) is 15.2. The number of hydrogen-bond acceptors (Lipinski definition) is 3. The molecule has 0 saturated carbocycles. The van der Waals surface area contributed by atoms with Crippen LogP contribution in [0.25, 0.3) is 0 Å². The molecule has 1 aliphatic rings. The maximum Gasteiger partial charge on any atom is 0.315 e. The van der Waals surface area contributed by atoms with Gasteiger partial charge in [-0.3, -0.25) is 0 Å². The molecule has 2 N–H and O–H groups in total. The summed E-state index contributed by atoms with van der Waals surface area (Å²) < 4.78 is 5.14. The predicted molar refractivity (Wildman–Crippen MR) is 96.8 cm³/mol. The highest BCUT2D eigenvalue weighted by Crippen LogP contribution is 2.15. The van der Waals surface area contributed by atoms with Crippen molar-refractivity contribution in [2.75, 3.05) is 26.7 Å². The minimum absolute atomic E-state index is 0.107. The Bertz CT molecular complexity index is 521. The highest BCUT2D eigenvalue weighted by atomic mass is 16.5. The van der Waals surface area contributed by atoms with E-state index in [1.807, 2.05) is 18.2 Å². The van der Waals surface area contributed by atoms with Gasteiger partial charge in [-0.15, -0.1) is 0 Å². The molecule has 2 rings (SSSR count). The zero-order valence-corrected chi connectivity index (χ0v) is 15.2. The molecule has 0 radical (unpaired) electrons. The molecular formula is C19H31N3O2. The van der Waals surface area contributed by atoms with Crippen molar-refractivity contribution < 1.29 is 9.53 Å². The van der Waals surface area contributed by atoms with Gasteiger partial charge in [-0.2, -0.15) is 0 Å². The third-order valence-corrected chi connectivity index (χ3v) is 4.41. The Morgan fingerprint density at radius 3 is 2.96 bits per heavy atom. The Morgan fingerprint density at radius 2 is 2.21 bits per heavy atom. The van der Waals surface area contributed by atoms with Crippen LogP contribution >= 0.6 is 0 Å². The number of urea groups is 1. The maximum absolute atomic E-state index is 12.1. The van der Waals surface area contributed by atoms with E-state index >= 15 is 0 Å². The first-order chi connectivity index (χ1) is 11.6. The molecule has 0 aromatic heterocycles. The molecule has 2 amide bonds. The minimum atomic E-state index is -0.107. The van der Waals surface area contributed by atoms with Crippen molar-refractivity contribution in [2.45, 2.75) is 45.9 Å². The van der Waals surface area contributed by atoms with Crippen LogP contribution in [0.2, 0.25) is 0 Å². The second kappa shape index (κ2) is 9.64. The average Bonchev–Trinajstić information content (AvgIpc) is 2.53. The summed E-state index contributed by atoms with van der Waals surface area (Å²) >= 11 is 0. The molecule has 0 spiro atoms. The Morgan fingerprint density at radius 1 is 1.42 bits per heavy atom. The van der Waals surface area contributed by atoms with Crippen molar-refractivity contribution in [1.29, 1.82) is 0 Å². The van der Waals surface area contributed by atoms with Gasteiger partial charge < -0.3 is 20.3 Å². The van der Waals surface area contributed by atoms with Crippen LogP contribution in [0.3, 0.4) is 0 Å². The van der Waals surface area contributed by atoms with Gasteiger partial charge in [0.25, 0.3) is 0 Å². The maximum atomic E-state index is 12.1. The van der Waals surface area contributed by atoms with Crippen LogP contribution in [0.1, 0.15) is 37.8 Å². The van der Waals surface area contributed by atoms with Crippen LogP contribution in [0.4, 0.5) is 4.79 Å². The van der Waals surface area contributed by atoms with E-state index in [1.54, 1.807) is 7.11 Å². The Hall–Kier alpha value is -1.59. The normalized spacial score (nSPS) is 19.7. The molecule has 1 aliphatic heterocycles.